The van der Waals surface area contributed by atoms with Gasteiger partial charge in [-0.1, -0.05) is 0 Å². The van der Waals surface area contributed by atoms with E-state index < -0.39 is 5.66 Å². The molecule has 0 bridgehead atoms. The summed E-state index contributed by atoms with van der Waals surface area (Å²) in [4.78, 5) is 4.38. The summed E-state index contributed by atoms with van der Waals surface area (Å²) in [6.07, 6.45) is 0. The average Bonchev–Trinajstić information content (AvgIpc) is 2.14. The summed E-state index contributed by atoms with van der Waals surface area (Å²) in [7, 11) is 0. The van der Waals surface area contributed by atoms with Gasteiger partial charge in [-0.15, -0.1) is 0 Å². The van der Waals surface area contributed by atoms with Gasteiger partial charge in [0, 0.05) is 24.2 Å². The zero-order valence-corrected chi connectivity index (χ0v) is 13.4. The molecule has 0 aliphatic carbocycles. The van der Waals surface area contributed by atoms with Gasteiger partial charge in [0.1, 0.15) is 6.07 Å². The zero-order valence-electron chi connectivity index (χ0n) is 13.4. The summed E-state index contributed by atoms with van der Waals surface area (Å²) in [5, 5.41) is 9.73. The lowest BCUT2D eigenvalue weighted by Crippen LogP contribution is -2.65. The van der Waals surface area contributed by atoms with Gasteiger partial charge in [-0.05, 0) is 62.3 Å². The van der Waals surface area contributed by atoms with E-state index in [0.717, 1.165) is 0 Å². The van der Waals surface area contributed by atoms with Gasteiger partial charge in [-0.25, -0.2) is 0 Å². The maximum Gasteiger partial charge on any atom is 0.164 e. The van der Waals surface area contributed by atoms with E-state index >= 15 is 0 Å². The first-order valence-electron chi connectivity index (χ1n) is 6.93. The van der Waals surface area contributed by atoms with Crippen molar-refractivity contribution in [2.24, 2.45) is 0 Å². The van der Waals surface area contributed by atoms with Crippen LogP contribution in [0.5, 0.6) is 0 Å². The van der Waals surface area contributed by atoms with Gasteiger partial charge in [-0.2, -0.15) is 5.26 Å². The lowest BCUT2D eigenvalue weighted by molar-refractivity contribution is -0.0563. The quantitative estimate of drug-likeness (QED) is 0.680. The maximum absolute atomic E-state index is 9.73. The summed E-state index contributed by atoms with van der Waals surface area (Å²) in [5.74, 6) is 0. The van der Waals surface area contributed by atoms with Crippen LogP contribution in [-0.4, -0.2) is 39.6 Å². The lowest BCUT2D eigenvalue weighted by atomic mass is 10.0. The van der Waals surface area contributed by atoms with Crippen LogP contribution in [-0.2, 0) is 0 Å². The second-order valence-corrected chi connectivity index (χ2v) is 6.12. The fourth-order valence-corrected chi connectivity index (χ4v) is 3.15. The Labute approximate surface area is 114 Å². The highest BCUT2D eigenvalue weighted by Crippen LogP contribution is 2.28. The molecule has 0 rings (SSSR count). The molecular weight excluding hydrogens is 222 g/mol. The fourth-order valence-electron chi connectivity index (χ4n) is 3.15. The molecule has 3 nitrogen and oxygen atoms in total. The Morgan fingerprint density at radius 2 is 1.00 bits per heavy atom. The van der Waals surface area contributed by atoms with E-state index in [0.29, 0.717) is 0 Å². The first-order chi connectivity index (χ1) is 8.09. The molecule has 0 fully saturated rings. The molecule has 0 aliphatic heterocycles. The first-order valence-corrected chi connectivity index (χ1v) is 6.93. The molecular formula is C15H30N3. The van der Waals surface area contributed by atoms with Crippen LogP contribution in [0.25, 0.3) is 0 Å². The van der Waals surface area contributed by atoms with Crippen molar-refractivity contribution in [1.29, 1.82) is 5.26 Å². The Hall–Kier alpha value is -0.590. The van der Waals surface area contributed by atoms with Crippen LogP contribution in [0.4, 0.5) is 0 Å². The van der Waals surface area contributed by atoms with Crippen LogP contribution in [0, 0.1) is 18.3 Å². The van der Waals surface area contributed by atoms with Crippen molar-refractivity contribution in [1.82, 2.24) is 9.80 Å². The highest BCUT2D eigenvalue weighted by Gasteiger charge is 2.43. The summed E-state index contributed by atoms with van der Waals surface area (Å²) in [6.45, 7) is 21.2. The van der Waals surface area contributed by atoms with Crippen molar-refractivity contribution >= 4 is 0 Å². The molecule has 0 saturated heterocycles. The van der Waals surface area contributed by atoms with Gasteiger partial charge in [-0.3, -0.25) is 9.80 Å². The fraction of sp³-hybridized carbons (Fsp3) is 0.867. The minimum absolute atomic E-state index is 0.280. The average molecular weight is 252 g/mol. The van der Waals surface area contributed by atoms with E-state index in [1.165, 1.54) is 0 Å². The molecule has 0 aromatic heterocycles. The summed E-state index contributed by atoms with van der Waals surface area (Å²) < 4.78 is 0. The Balaban J connectivity index is 5.63. The highest BCUT2D eigenvalue weighted by atomic mass is 15.4. The number of hydrogen-bond acceptors (Lipinski definition) is 3. The first kappa shape index (κ1) is 17.4. The Morgan fingerprint density at radius 1 is 0.778 bits per heavy atom. The molecule has 0 saturated carbocycles. The van der Waals surface area contributed by atoms with Crippen molar-refractivity contribution in [3.8, 4) is 6.07 Å². The number of nitrogens with zero attached hydrogens (tertiary/aromatic N) is 3. The normalized spacial score (nSPS) is 13.4. The molecule has 3 heteroatoms. The summed E-state index contributed by atoms with van der Waals surface area (Å²) >= 11 is 0. The van der Waals surface area contributed by atoms with Crippen LogP contribution >= 0.6 is 0 Å². The third-order valence-corrected chi connectivity index (χ3v) is 3.26. The molecule has 105 valence electrons. The smallest absolute Gasteiger partial charge is 0.164 e. The standard InChI is InChI=1S/C15H30N3/c1-11(2)17(12(3)4)15(9,10-16)18(13(5)6)14(7)8/h11-14H,9H2,1-8H3. The van der Waals surface area contributed by atoms with Gasteiger partial charge in [0.2, 0.25) is 0 Å². The number of hydrogen-bond donors (Lipinski definition) is 0. The molecule has 0 N–H and O–H groups in total. The maximum atomic E-state index is 9.73. The van der Waals surface area contributed by atoms with E-state index in [1.54, 1.807) is 0 Å². The summed E-state index contributed by atoms with van der Waals surface area (Å²) in [5.41, 5.74) is -0.815. The van der Waals surface area contributed by atoms with Crippen LogP contribution in [0.3, 0.4) is 0 Å². The molecule has 1 radical (unpaired) electrons. The molecule has 0 aliphatic rings. The van der Waals surface area contributed by atoms with Crippen LogP contribution in [0.15, 0.2) is 0 Å². The van der Waals surface area contributed by atoms with E-state index in [4.69, 9.17) is 0 Å². The molecule has 0 aromatic rings. The molecule has 0 heterocycles. The molecule has 18 heavy (non-hydrogen) atoms. The van der Waals surface area contributed by atoms with Crippen molar-refractivity contribution < 1.29 is 0 Å². The second kappa shape index (κ2) is 6.54. The van der Waals surface area contributed by atoms with Crippen molar-refractivity contribution in [3.63, 3.8) is 0 Å². The third-order valence-electron chi connectivity index (χ3n) is 3.26. The molecule has 0 atom stereocenters. The zero-order chi connectivity index (χ0) is 14.7. The predicted molar refractivity (Wildman–Crippen MR) is 77.9 cm³/mol. The van der Waals surface area contributed by atoms with Gasteiger partial charge >= 0.3 is 0 Å². The monoisotopic (exact) mass is 252 g/mol. The minimum atomic E-state index is -0.815. The van der Waals surface area contributed by atoms with E-state index in [1.807, 2.05) is 0 Å². The van der Waals surface area contributed by atoms with Crippen LogP contribution < -0.4 is 0 Å². The van der Waals surface area contributed by atoms with E-state index in [-0.39, 0.29) is 24.2 Å². The van der Waals surface area contributed by atoms with Crippen LogP contribution in [0.2, 0.25) is 0 Å². The topological polar surface area (TPSA) is 30.3 Å². The summed E-state index contributed by atoms with van der Waals surface area (Å²) in [6, 6.07) is 3.56. The number of rotatable bonds is 6. The Bertz CT molecular complexity index is 251. The number of nitriles is 1. The third kappa shape index (κ3) is 3.46. The van der Waals surface area contributed by atoms with Gasteiger partial charge in [0.25, 0.3) is 0 Å². The van der Waals surface area contributed by atoms with Crippen LogP contribution in [0.1, 0.15) is 55.4 Å². The van der Waals surface area contributed by atoms with E-state index in [2.05, 4.69) is 78.2 Å². The Morgan fingerprint density at radius 3 is 1.11 bits per heavy atom. The lowest BCUT2D eigenvalue weighted by Gasteiger charge is -2.51. The molecule has 0 unspecified atom stereocenters. The highest BCUT2D eigenvalue weighted by molar-refractivity contribution is 5.13. The molecule has 0 spiro atoms. The minimum Gasteiger partial charge on any atom is -0.268 e. The predicted octanol–water partition coefficient (Wildman–Crippen LogP) is 3.28. The van der Waals surface area contributed by atoms with Crippen molar-refractivity contribution in [3.05, 3.63) is 6.92 Å². The Kier molecular flexibility index (Phi) is 6.33. The van der Waals surface area contributed by atoms with Crippen molar-refractivity contribution in [2.75, 3.05) is 0 Å². The molecule has 0 amide bonds. The van der Waals surface area contributed by atoms with E-state index in [9.17, 15) is 5.26 Å². The largest absolute Gasteiger partial charge is 0.268 e. The van der Waals surface area contributed by atoms with Gasteiger partial charge < -0.3 is 0 Å². The SMILES string of the molecule is [CH2]C(C#N)(N(C(C)C)C(C)C)N(C(C)C)C(C)C. The van der Waals surface area contributed by atoms with Gasteiger partial charge in [0.15, 0.2) is 5.66 Å². The van der Waals surface area contributed by atoms with Gasteiger partial charge in [0.05, 0.1) is 0 Å². The molecule has 0 aromatic carbocycles. The van der Waals surface area contributed by atoms with Crippen molar-refractivity contribution in [2.45, 2.75) is 85.2 Å². The second-order valence-electron chi connectivity index (χ2n) is 6.12.